The Morgan fingerprint density at radius 2 is 1.58 bits per heavy atom. The molecular formula is C25H45NO7. The van der Waals surface area contributed by atoms with Crippen LogP contribution in [0.15, 0.2) is 0 Å². The standard InChI is InChI=1S/C25H45NO7/c1-11-19-25(8,32-10)22(26-13-27)16(4)20(28)14(2)12-24(7,31-9)18(6)15(3)21(29)17(5)23(30)33-19/h14-19,22,26-27H,11-13H2,1-10H3/t14-,15-,16+,17-,18-,19-,22-,24-,25-/m1/s1. The third-order valence-corrected chi connectivity index (χ3v) is 8.19. The van der Waals surface area contributed by atoms with E-state index in [0.29, 0.717) is 12.8 Å². The lowest BCUT2D eigenvalue weighted by molar-refractivity contribution is -0.182. The van der Waals surface area contributed by atoms with Crippen LogP contribution in [0.5, 0.6) is 0 Å². The van der Waals surface area contributed by atoms with Gasteiger partial charge in [0, 0.05) is 32.0 Å². The van der Waals surface area contributed by atoms with E-state index in [-0.39, 0.29) is 30.1 Å². The zero-order valence-corrected chi connectivity index (χ0v) is 22.1. The van der Waals surface area contributed by atoms with E-state index in [2.05, 4.69) is 5.32 Å². The highest BCUT2D eigenvalue weighted by Gasteiger charge is 2.50. The molecular weight excluding hydrogens is 426 g/mol. The molecule has 8 heteroatoms. The van der Waals surface area contributed by atoms with Crippen molar-refractivity contribution in [2.24, 2.45) is 29.6 Å². The molecule has 0 radical (unpaired) electrons. The van der Waals surface area contributed by atoms with Crippen LogP contribution in [0, 0.1) is 29.6 Å². The number of carbonyl (C=O) groups is 3. The smallest absolute Gasteiger partial charge is 0.316 e. The SMILES string of the molecule is CC[C@H]1OC(=O)[C@H](C)C(=O)[C@H](C)[C@@H](C)[C@](C)(OC)C[C@@H](C)C(=O)[C@H](C)[C@@H](NCO)[C@]1(C)OC. The van der Waals surface area contributed by atoms with Crippen molar-refractivity contribution in [1.82, 2.24) is 5.32 Å². The second kappa shape index (κ2) is 11.9. The Morgan fingerprint density at radius 1 is 1.00 bits per heavy atom. The Labute approximate surface area is 199 Å². The molecule has 8 nitrogen and oxygen atoms in total. The van der Waals surface area contributed by atoms with Crippen molar-refractivity contribution >= 4 is 17.5 Å². The number of carbonyl (C=O) groups excluding carboxylic acids is 3. The number of cyclic esters (lactones) is 1. The number of nitrogens with one attached hydrogen (secondary N) is 1. The van der Waals surface area contributed by atoms with Crippen LogP contribution in [0.4, 0.5) is 0 Å². The fourth-order valence-corrected chi connectivity index (χ4v) is 5.34. The number of rotatable bonds is 5. The summed E-state index contributed by atoms with van der Waals surface area (Å²) in [4.78, 5) is 39.8. The second-order valence-corrected chi connectivity index (χ2v) is 10.1. The second-order valence-electron chi connectivity index (χ2n) is 10.1. The monoisotopic (exact) mass is 471 g/mol. The molecule has 1 aliphatic rings. The maximum atomic E-state index is 13.6. The lowest BCUT2D eigenvalue weighted by Crippen LogP contribution is -2.62. The average Bonchev–Trinajstić information content (AvgIpc) is 2.81. The minimum atomic E-state index is -1.13. The van der Waals surface area contributed by atoms with Gasteiger partial charge >= 0.3 is 5.97 Å². The van der Waals surface area contributed by atoms with Gasteiger partial charge in [0.05, 0.1) is 18.4 Å². The molecule has 33 heavy (non-hydrogen) atoms. The molecule has 0 unspecified atom stereocenters. The fourth-order valence-electron chi connectivity index (χ4n) is 5.34. The van der Waals surface area contributed by atoms with Crippen LogP contribution < -0.4 is 5.32 Å². The Morgan fingerprint density at radius 3 is 2.03 bits per heavy atom. The molecule has 1 fully saturated rings. The number of aliphatic hydroxyl groups excluding tert-OH is 1. The van der Waals surface area contributed by atoms with Gasteiger partial charge in [-0.25, -0.2) is 0 Å². The van der Waals surface area contributed by atoms with Gasteiger partial charge in [0.2, 0.25) is 0 Å². The number of Topliss-reactive ketones (excluding diaryl/α,β-unsaturated/α-hetero) is 2. The molecule has 1 aliphatic heterocycles. The number of ketones is 2. The van der Waals surface area contributed by atoms with E-state index in [1.807, 2.05) is 27.7 Å². The summed E-state index contributed by atoms with van der Waals surface area (Å²) in [5.74, 6) is -3.47. The van der Waals surface area contributed by atoms with Crippen molar-refractivity contribution < 1.29 is 33.7 Å². The highest BCUT2D eigenvalue weighted by atomic mass is 16.6. The average molecular weight is 472 g/mol. The van der Waals surface area contributed by atoms with Gasteiger partial charge in [0.25, 0.3) is 0 Å². The van der Waals surface area contributed by atoms with Crippen LogP contribution in [-0.2, 0) is 28.6 Å². The first-order chi connectivity index (χ1) is 15.2. The molecule has 0 saturated carbocycles. The number of methoxy groups -OCH3 is 2. The Kier molecular flexibility index (Phi) is 10.7. The number of hydrogen-bond donors (Lipinski definition) is 2. The molecule has 0 aromatic rings. The van der Waals surface area contributed by atoms with E-state index in [0.717, 1.165) is 0 Å². The topological polar surface area (TPSA) is 111 Å². The summed E-state index contributed by atoms with van der Waals surface area (Å²) < 4.78 is 17.5. The molecule has 1 heterocycles. The molecule has 0 aromatic carbocycles. The summed E-state index contributed by atoms with van der Waals surface area (Å²) in [6.45, 7) is 14.1. The quantitative estimate of drug-likeness (QED) is 0.358. The molecule has 0 bridgehead atoms. The van der Waals surface area contributed by atoms with E-state index < -0.39 is 47.1 Å². The van der Waals surface area contributed by atoms with Gasteiger partial charge in [-0.2, -0.15) is 0 Å². The van der Waals surface area contributed by atoms with Gasteiger partial charge in [0.1, 0.15) is 29.2 Å². The number of hydrogen-bond acceptors (Lipinski definition) is 8. The van der Waals surface area contributed by atoms with Gasteiger partial charge in [-0.15, -0.1) is 0 Å². The summed E-state index contributed by atoms with van der Waals surface area (Å²) in [6, 6.07) is -0.640. The Balaban J connectivity index is 3.65. The van der Waals surface area contributed by atoms with Crippen molar-refractivity contribution in [3.63, 3.8) is 0 Å². The molecule has 1 rings (SSSR count). The molecule has 192 valence electrons. The summed E-state index contributed by atoms with van der Waals surface area (Å²) in [5, 5.41) is 12.7. The van der Waals surface area contributed by atoms with Crippen LogP contribution in [-0.4, -0.2) is 66.9 Å². The van der Waals surface area contributed by atoms with Crippen LogP contribution in [0.1, 0.15) is 68.2 Å². The zero-order valence-electron chi connectivity index (χ0n) is 22.1. The van der Waals surface area contributed by atoms with E-state index in [1.165, 1.54) is 7.11 Å². The van der Waals surface area contributed by atoms with Gasteiger partial charge in [0.15, 0.2) is 0 Å². The molecule has 0 aliphatic carbocycles. The highest BCUT2D eigenvalue weighted by molar-refractivity contribution is 5.99. The first-order valence-electron chi connectivity index (χ1n) is 12.0. The normalized spacial score (nSPS) is 42.0. The lowest BCUT2D eigenvalue weighted by Gasteiger charge is -2.45. The van der Waals surface area contributed by atoms with Crippen LogP contribution in [0.2, 0.25) is 0 Å². The van der Waals surface area contributed by atoms with Gasteiger partial charge in [-0.3, -0.25) is 19.7 Å². The zero-order chi connectivity index (χ0) is 25.7. The third kappa shape index (κ3) is 6.02. The van der Waals surface area contributed by atoms with E-state index in [1.54, 1.807) is 34.8 Å². The minimum absolute atomic E-state index is 0.0229. The minimum Gasteiger partial charge on any atom is -0.459 e. The van der Waals surface area contributed by atoms with E-state index >= 15 is 0 Å². The summed E-state index contributed by atoms with van der Waals surface area (Å²) >= 11 is 0. The van der Waals surface area contributed by atoms with Gasteiger partial charge in [-0.05, 0) is 39.5 Å². The Hall–Kier alpha value is -1.35. The molecule has 9 atom stereocenters. The predicted molar refractivity (Wildman–Crippen MR) is 125 cm³/mol. The molecule has 0 amide bonds. The molecule has 0 spiro atoms. The highest BCUT2D eigenvalue weighted by Crippen LogP contribution is 2.38. The van der Waals surface area contributed by atoms with Crippen LogP contribution in [0.3, 0.4) is 0 Å². The molecule has 2 N–H and O–H groups in total. The first-order valence-corrected chi connectivity index (χ1v) is 12.0. The van der Waals surface area contributed by atoms with Crippen molar-refractivity contribution in [2.75, 3.05) is 21.0 Å². The van der Waals surface area contributed by atoms with Crippen LogP contribution in [0.25, 0.3) is 0 Å². The van der Waals surface area contributed by atoms with Crippen molar-refractivity contribution in [3.8, 4) is 0 Å². The largest absolute Gasteiger partial charge is 0.459 e. The van der Waals surface area contributed by atoms with E-state index in [4.69, 9.17) is 14.2 Å². The van der Waals surface area contributed by atoms with Crippen molar-refractivity contribution in [3.05, 3.63) is 0 Å². The lowest BCUT2D eigenvalue weighted by atomic mass is 9.70. The molecule has 1 saturated heterocycles. The van der Waals surface area contributed by atoms with Crippen LogP contribution >= 0.6 is 0 Å². The summed E-state index contributed by atoms with van der Waals surface area (Å²) in [5.41, 5.74) is -1.88. The predicted octanol–water partition coefficient (Wildman–Crippen LogP) is 2.75. The van der Waals surface area contributed by atoms with E-state index in [9.17, 15) is 19.5 Å². The summed E-state index contributed by atoms with van der Waals surface area (Å²) in [6.07, 6.45) is 0.0849. The summed E-state index contributed by atoms with van der Waals surface area (Å²) in [7, 11) is 3.08. The first kappa shape index (κ1) is 29.7. The fraction of sp³-hybridized carbons (Fsp3) is 0.880. The number of esters is 1. The maximum Gasteiger partial charge on any atom is 0.316 e. The number of aliphatic hydroxyl groups is 1. The van der Waals surface area contributed by atoms with Gasteiger partial charge < -0.3 is 19.3 Å². The van der Waals surface area contributed by atoms with Crippen molar-refractivity contribution in [2.45, 2.75) is 91.6 Å². The Bertz CT molecular complexity index is 698. The number of ether oxygens (including phenoxy) is 3. The van der Waals surface area contributed by atoms with Gasteiger partial charge in [-0.1, -0.05) is 34.6 Å². The third-order valence-electron chi connectivity index (χ3n) is 8.19. The maximum absolute atomic E-state index is 13.6. The van der Waals surface area contributed by atoms with Crippen molar-refractivity contribution in [1.29, 1.82) is 0 Å². The molecule has 0 aromatic heterocycles.